The molecule has 8 rings (SSSR count). The maximum atomic E-state index is 10.3. The van der Waals surface area contributed by atoms with Gasteiger partial charge in [0.1, 0.15) is 34.5 Å². The number of benzene rings is 4. The molecule has 6 heteroatoms. The Labute approximate surface area is 234 Å². The fraction of sp³-hybridized carbons (Fsp3) is 0.353. The van der Waals surface area contributed by atoms with Crippen LogP contribution >= 0.6 is 0 Å². The number of phenolic OH excluding ortho intramolecular Hbond substituents is 2. The van der Waals surface area contributed by atoms with Crippen LogP contribution in [0.1, 0.15) is 57.9 Å². The van der Waals surface area contributed by atoms with Crippen LogP contribution in [0.5, 0.6) is 34.5 Å². The van der Waals surface area contributed by atoms with E-state index in [9.17, 15) is 10.2 Å². The third-order valence-electron chi connectivity index (χ3n) is 9.58. The Morgan fingerprint density at radius 3 is 1.82 bits per heavy atom. The molecule has 0 heterocycles. The number of fused-ring (bicyclic) bond motifs is 1. The molecule has 0 aliphatic heterocycles. The molecule has 4 saturated carbocycles. The van der Waals surface area contributed by atoms with Crippen molar-refractivity contribution >= 4 is 22.1 Å². The van der Waals surface area contributed by atoms with Crippen LogP contribution in [0.2, 0.25) is 0 Å². The van der Waals surface area contributed by atoms with Gasteiger partial charge in [0.15, 0.2) is 0 Å². The smallest absolute Gasteiger partial charge is 0.142 e. The highest BCUT2D eigenvalue weighted by atomic mass is 16.5. The predicted molar refractivity (Wildman–Crippen MR) is 158 cm³/mol. The molecule has 0 saturated heterocycles. The van der Waals surface area contributed by atoms with Crippen molar-refractivity contribution in [3.05, 3.63) is 72.3 Å². The highest BCUT2D eigenvalue weighted by Crippen LogP contribution is 2.71. The number of ether oxygens (including phenoxy) is 2. The lowest BCUT2D eigenvalue weighted by atomic mass is 9.39. The predicted octanol–water partition coefficient (Wildman–Crippen LogP) is 8.25. The van der Waals surface area contributed by atoms with E-state index in [-0.39, 0.29) is 16.9 Å². The SMILES string of the molecule is CC12CC3CC(C)(C1)CC(c1c(Oc4ccc(N)c(O)c4)ccc4ccc(Oc5ccc(N)c(O)c5)cc14)(C3)C2. The molecule has 0 spiro atoms. The van der Waals surface area contributed by atoms with Gasteiger partial charge < -0.3 is 31.2 Å². The summed E-state index contributed by atoms with van der Waals surface area (Å²) in [5.41, 5.74) is 14.1. The topological polar surface area (TPSA) is 111 Å². The maximum Gasteiger partial charge on any atom is 0.142 e. The molecule has 4 aromatic carbocycles. The number of aromatic hydroxyl groups is 2. The van der Waals surface area contributed by atoms with Gasteiger partial charge in [-0.2, -0.15) is 0 Å². The molecule has 6 N–H and O–H groups in total. The van der Waals surface area contributed by atoms with Crippen LogP contribution in [0.15, 0.2) is 66.7 Å². The van der Waals surface area contributed by atoms with E-state index in [0.717, 1.165) is 35.8 Å². The van der Waals surface area contributed by atoms with Crippen LogP contribution in [0, 0.1) is 16.7 Å². The van der Waals surface area contributed by atoms with Gasteiger partial charge in [-0.05, 0) is 109 Å². The first-order valence-corrected chi connectivity index (χ1v) is 14.1. The molecular weight excluding hydrogens is 500 g/mol. The zero-order valence-electron chi connectivity index (χ0n) is 23.0. The average Bonchev–Trinajstić information content (AvgIpc) is 2.86. The molecule has 4 fully saturated rings. The van der Waals surface area contributed by atoms with E-state index in [4.69, 9.17) is 20.9 Å². The minimum atomic E-state index is -0.0221. The quantitative estimate of drug-likeness (QED) is 0.151. The van der Waals surface area contributed by atoms with E-state index < -0.39 is 0 Å². The normalized spacial score (nSPS) is 28.6. The van der Waals surface area contributed by atoms with Crippen LogP contribution in [0.25, 0.3) is 10.8 Å². The lowest BCUT2D eigenvalue weighted by Crippen LogP contribution is -2.56. The number of nitrogens with two attached hydrogens (primary N) is 2. The molecule has 4 aromatic rings. The number of phenols is 2. The van der Waals surface area contributed by atoms with Gasteiger partial charge in [-0.3, -0.25) is 0 Å². The van der Waals surface area contributed by atoms with Gasteiger partial charge in [0.2, 0.25) is 0 Å². The molecule has 2 unspecified atom stereocenters. The van der Waals surface area contributed by atoms with E-state index in [1.807, 2.05) is 6.07 Å². The number of nitrogen functional groups attached to an aromatic ring is 2. The molecule has 6 nitrogen and oxygen atoms in total. The molecule has 4 aliphatic rings. The third kappa shape index (κ3) is 4.09. The van der Waals surface area contributed by atoms with Gasteiger partial charge in [-0.1, -0.05) is 26.0 Å². The summed E-state index contributed by atoms with van der Waals surface area (Å²) in [5.74, 6) is 3.28. The summed E-state index contributed by atoms with van der Waals surface area (Å²) in [7, 11) is 0. The van der Waals surface area contributed by atoms with Crippen LogP contribution in [0.3, 0.4) is 0 Å². The average molecular weight is 537 g/mol. The Kier molecular flexibility index (Phi) is 5.28. The highest BCUT2D eigenvalue weighted by Gasteiger charge is 2.61. The Hall–Kier alpha value is -4.06. The van der Waals surface area contributed by atoms with Crippen molar-refractivity contribution in [2.45, 2.75) is 57.8 Å². The molecule has 4 aliphatic carbocycles. The zero-order valence-corrected chi connectivity index (χ0v) is 23.0. The molecule has 2 atom stereocenters. The van der Waals surface area contributed by atoms with E-state index in [0.29, 0.717) is 45.4 Å². The minimum Gasteiger partial charge on any atom is -0.506 e. The summed E-state index contributed by atoms with van der Waals surface area (Å²) >= 11 is 0. The van der Waals surface area contributed by atoms with Crippen molar-refractivity contribution in [3.63, 3.8) is 0 Å². The Morgan fingerprint density at radius 2 is 1.23 bits per heavy atom. The number of rotatable bonds is 5. The number of hydrogen-bond acceptors (Lipinski definition) is 6. The Balaban J connectivity index is 1.40. The first kappa shape index (κ1) is 24.9. The van der Waals surface area contributed by atoms with Gasteiger partial charge >= 0.3 is 0 Å². The van der Waals surface area contributed by atoms with E-state index in [1.54, 1.807) is 30.3 Å². The third-order valence-corrected chi connectivity index (χ3v) is 9.58. The Bertz CT molecular complexity index is 1640. The number of hydrogen-bond donors (Lipinski definition) is 4. The lowest BCUT2D eigenvalue weighted by Gasteiger charge is -2.65. The van der Waals surface area contributed by atoms with Crippen molar-refractivity contribution in [1.29, 1.82) is 0 Å². The van der Waals surface area contributed by atoms with Gasteiger partial charge in [-0.25, -0.2) is 0 Å². The molecule has 0 amide bonds. The van der Waals surface area contributed by atoms with Crippen molar-refractivity contribution in [2.75, 3.05) is 11.5 Å². The highest BCUT2D eigenvalue weighted by molar-refractivity contribution is 5.90. The first-order chi connectivity index (χ1) is 19.0. The largest absolute Gasteiger partial charge is 0.506 e. The van der Waals surface area contributed by atoms with Gasteiger partial charge in [0.05, 0.1) is 11.4 Å². The minimum absolute atomic E-state index is 0.00327. The maximum absolute atomic E-state index is 10.3. The van der Waals surface area contributed by atoms with Crippen LogP contribution in [0.4, 0.5) is 11.4 Å². The monoisotopic (exact) mass is 536 g/mol. The molecule has 0 radical (unpaired) electrons. The van der Waals surface area contributed by atoms with Crippen LogP contribution < -0.4 is 20.9 Å². The molecule has 40 heavy (non-hydrogen) atoms. The van der Waals surface area contributed by atoms with Crippen LogP contribution in [-0.2, 0) is 5.41 Å². The second-order valence-electron chi connectivity index (χ2n) is 13.4. The summed E-state index contributed by atoms with van der Waals surface area (Å²) in [6.07, 6.45) is 7.28. The van der Waals surface area contributed by atoms with Crippen LogP contribution in [-0.4, -0.2) is 10.2 Å². The first-order valence-electron chi connectivity index (χ1n) is 14.1. The van der Waals surface area contributed by atoms with E-state index >= 15 is 0 Å². The second-order valence-corrected chi connectivity index (χ2v) is 13.4. The summed E-state index contributed by atoms with van der Waals surface area (Å²) in [6.45, 7) is 4.96. The zero-order chi connectivity index (χ0) is 27.9. The van der Waals surface area contributed by atoms with Gasteiger partial charge in [0.25, 0.3) is 0 Å². The fourth-order valence-corrected chi connectivity index (χ4v) is 9.14. The van der Waals surface area contributed by atoms with Gasteiger partial charge in [-0.15, -0.1) is 0 Å². The van der Waals surface area contributed by atoms with Crippen molar-refractivity contribution < 1.29 is 19.7 Å². The molecule has 206 valence electrons. The Morgan fingerprint density at radius 1 is 0.675 bits per heavy atom. The van der Waals surface area contributed by atoms with E-state index in [1.165, 1.54) is 30.9 Å². The standard InChI is InChI=1S/C34H36N2O4/c1-32-14-20-15-33(2,17-32)19-34(16-20,18-32)31-25-11-22(39-23-6-8-26(35)28(37)12-23)5-3-21(25)4-10-30(31)40-24-7-9-27(36)29(38)13-24/h3-13,20,37-38H,14-19,35-36H2,1-2H3. The van der Waals surface area contributed by atoms with E-state index in [2.05, 4.69) is 38.1 Å². The molecule has 4 bridgehead atoms. The summed E-state index contributed by atoms with van der Waals surface area (Å²) in [4.78, 5) is 0. The van der Waals surface area contributed by atoms with Gasteiger partial charge in [0, 0.05) is 23.1 Å². The molecule has 0 aromatic heterocycles. The summed E-state index contributed by atoms with van der Waals surface area (Å²) < 4.78 is 12.8. The second kappa shape index (κ2) is 8.47. The fourth-order valence-electron chi connectivity index (χ4n) is 9.14. The number of anilines is 2. The lowest BCUT2D eigenvalue weighted by molar-refractivity contribution is -0.109. The van der Waals surface area contributed by atoms with Crippen molar-refractivity contribution in [3.8, 4) is 34.5 Å². The summed E-state index contributed by atoms with van der Waals surface area (Å²) in [6, 6.07) is 20.3. The van der Waals surface area contributed by atoms with Crippen molar-refractivity contribution in [1.82, 2.24) is 0 Å². The summed E-state index contributed by atoms with van der Waals surface area (Å²) in [5, 5.41) is 22.6. The molecular formula is C34H36N2O4. The van der Waals surface area contributed by atoms with Crippen molar-refractivity contribution in [2.24, 2.45) is 16.7 Å².